The summed E-state index contributed by atoms with van der Waals surface area (Å²) in [5.74, 6) is -0.216. The van der Waals surface area contributed by atoms with Gasteiger partial charge < -0.3 is 10.6 Å². The first kappa shape index (κ1) is 16.1. The van der Waals surface area contributed by atoms with Crippen LogP contribution in [0.5, 0.6) is 0 Å². The summed E-state index contributed by atoms with van der Waals surface area (Å²) in [5.41, 5.74) is 6.72. The molecule has 0 radical (unpaired) electrons. The molecule has 0 bridgehead atoms. The Kier molecular flexibility index (Phi) is 4.55. The van der Waals surface area contributed by atoms with Crippen molar-refractivity contribution in [2.24, 2.45) is 11.7 Å². The average Bonchev–Trinajstić information content (AvgIpc) is 2.62. The van der Waals surface area contributed by atoms with Gasteiger partial charge in [-0.15, -0.1) is 0 Å². The third-order valence-corrected chi connectivity index (χ3v) is 4.48. The first-order chi connectivity index (χ1) is 11.6. The quantitative estimate of drug-likeness (QED) is 0.933. The van der Waals surface area contributed by atoms with E-state index in [4.69, 9.17) is 5.73 Å². The number of benzene rings is 1. The van der Waals surface area contributed by atoms with Crippen molar-refractivity contribution in [3.63, 3.8) is 0 Å². The second-order valence-electron chi connectivity index (χ2n) is 6.14. The topological polar surface area (TPSA) is 89.2 Å². The molecule has 124 valence electrons. The molecule has 24 heavy (non-hydrogen) atoms. The number of rotatable bonds is 3. The molecule has 1 fully saturated rings. The van der Waals surface area contributed by atoms with E-state index in [2.05, 4.69) is 9.97 Å². The number of likely N-dealkylation sites (tertiary alicyclic amines) is 1. The van der Waals surface area contributed by atoms with Gasteiger partial charge in [0.15, 0.2) is 5.82 Å². The van der Waals surface area contributed by atoms with E-state index in [0.717, 1.165) is 18.4 Å². The molecular weight excluding hydrogens is 304 g/mol. The van der Waals surface area contributed by atoms with Crippen molar-refractivity contribution in [3.05, 3.63) is 48.3 Å². The lowest BCUT2D eigenvalue weighted by molar-refractivity contribution is -0.123. The molecule has 2 N–H and O–H groups in total. The first-order valence-electron chi connectivity index (χ1n) is 8.04. The van der Waals surface area contributed by atoms with Gasteiger partial charge in [0.2, 0.25) is 5.91 Å². The van der Waals surface area contributed by atoms with Crippen LogP contribution in [0.2, 0.25) is 0 Å². The van der Waals surface area contributed by atoms with Crippen LogP contribution in [0.3, 0.4) is 0 Å². The van der Waals surface area contributed by atoms with Crippen LogP contribution in [-0.2, 0) is 4.79 Å². The number of primary amides is 1. The molecule has 2 heterocycles. The summed E-state index contributed by atoms with van der Waals surface area (Å²) >= 11 is 0. The van der Waals surface area contributed by atoms with Gasteiger partial charge in [-0.1, -0.05) is 30.3 Å². The van der Waals surface area contributed by atoms with E-state index in [-0.39, 0.29) is 23.8 Å². The van der Waals surface area contributed by atoms with Crippen LogP contribution in [0.4, 0.5) is 0 Å². The van der Waals surface area contributed by atoms with Gasteiger partial charge in [-0.25, -0.2) is 9.97 Å². The zero-order chi connectivity index (χ0) is 17.1. The largest absolute Gasteiger partial charge is 0.369 e. The van der Waals surface area contributed by atoms with Crippen LogP contribution >= 0.6 is 0 Å². The molecule has 1 saturated heterocycles. The van der Waals surface area contributed by atoms with Gasteiger partial charge >= 0.3 is 0 Å². The van der Waals surface area contributed by atoms with Crippen LogP contribution in [0.15, 0.2) is 42.7 Å². The molecule has 1 aliphatic rings. The molecule has 1 aromatic heterocycles. The van der Waals surface area contributed by atoms with Gasteiger partial charge in [-0.3, -0.25) is 9.59 Å². The fourth-order valence-electron chi connectivity index (χ4n) is 2.96. The lowest BCUT2D eigenvalue weighted by Gasteiger charge is -2.36. The highest BCUT2D eigenvalue weighted by Crippen LogP contribution is 2.23. The second kappa shape index (κ2) is 6.78. The van der Waals surface area contributed by atoms with Crippen LogP contribution in [-0.4, -0.2) is 39.3 Å². The van der Waals surface area contributed by atoms with Crippen LogP contribution in [0.25, 0.3) is 11.4 Å². The number of piperidine rings is 1. The third-order valence-electron chi connectivity index (χ3n) is 4.48. The Morgan fingerprint density at radius 1 is 1.12 bits per heavy atom. The monoisotopic (exact) mass is 324 g/mol. The number of aromatic nitrogens is 2. The number of nitrogens with zero attached hydrogens (tertiary/aromatic N) is 3. The van der Waals surface area contributed by atoms with Crippen molar-refractivity contribution >= 4 is 11.8 Å². The van der Waals surface area contributed by atoms with E-state index in [1.54, 1.807) is 4.90 Å². The fourth-order valence-corrected chi connectivity index (χ4v) is 2.96. The van der Waals surface area contributed by atoms with Crippen molar-refractivity contribution in [2.75, 3.05) is 6.54 Å². The molecule has 2 unspecified atom stereocenters. The number of carbonyl (C=O) groups excluding carboxylic acids is 2. The average molecular weight is 324 g/mol. The molecule has 0 aliphatic carbocycles. The van der Waals surface area contributed by atoms with Crippen LogP contribution < -0.4 is 5.73 Å². The van der Waals surface area contributed by atoms with Crippen molar-refractivity contribution < 1.29 is 9.59 Å². The summed E-state index contributed by atoms with van der Waals surface area (Å²) in [5, 5.41) is 0. The maximum Gasteiger partial charge on any atom is 0.257 e. The molecule has 6 nitrogen and oxygen atoms in total. The van der Waals surface area contributed by atoms with Crippen molar-refractivity contribution in [1.29, 1.82) is 0 Å². The molecular formula is C18H20N4O2. The molecule has 1 aliphatic heterocycles. The molecule has 3 rings (SSSR count). The minimum Gasteiger partial charge on any atom is -0.369 e. The molecule has 0 spiro atoms. The van der Waals surface area contributed by atoms with Gasteiger partial charge in [0.05, 0.1) is 11.5 Å². The zero-order valence-corrected chi connectivity index (χ0v) is 13.6. The maximum absolute atomic E-state index is 12.7. The lowest BCUT2D eigenvalue weighted by Crippen LogP contribution is -2.48. The number of hydrogen-bond donors (Lipinski definition) is 1. The number of amides is 2. The molecule has 0 saturated carbocycles. The lowest BCUT2D eigenvalue weighted by atomic mass is 9.92. The van der Waals surface area contributed by atoms with Crippen molar-refractivity contribution in [1.82, 2.24) is 14.9 Å². The normalized spacial score (nSPS) is 20.6. The Labute approximate surface area is 140 Å². The predicted octanol–water partition coefficient (Wildman–Crippen LogP) is 1.87. The Balaban J connectivity index is 1.78. The Hall–Kier alpha value is -2.76. The van der Waals surface area contributed by atoms with E-state index in [1.165, 1.54) is 12.4 Å². The zero-order valence-electron chi connectivity index (χ0n) is 13.6. The minimum atomic E-state index is -0.352. The highest BCUT2D eigenvalue weighted by atomic mass is 16.2. The standard InChI is InChI=1S/C18H20N4O2/c1-12-7-8-14(16(19)23)11-22(12)18(24)15-9-20-17(21-10-15)13-5-3-2-4-6-13/h2-6,9-10,12,14H,7-8,11H2,1H3,(H2,19,23). The molecule has 1 aromatic carbocycles. The Morgan fingerprint density at radius 3 is 2.42 bits per heavy atom. The van der Waals surface area contributed by atoms with E-state index in [9.17, 15) is 9.59 Å². The third kappa shape index (κ3) is 3.27. The minimum absolute atomic E-state index is 0.0712. The van der Waals surface area contributed by atoms with E-state index < -0.39 is 0 Å². The molecule has 2 amide bonds. The van der Waals surface area contributed by atoms with Gasteiger partial charge in [0.1, 0.15) is 0 Å². The summed E-state index contributed by atoms with van der Waals surface area (Å²) in [4.78, 5) is 34.4. The maximum atomic E-state index is 12.7. The van der Waals surface area contributed by atoms with Crippen LogP contribution in [0.1, 0.15) is 30.1 Å². The smallest absolute Gasteiger partial charge is 0.257 e. The molecule has 2 aromatic rings. The highest BCUT2D eigenvalue weighted by molar-refractivity contribution is 5.94. The Bertz CT molecular complexity index is 730. The van der Waals surface area contributed by atoms with E-state index >= 15 is 0 Å². The van der Waals surface area contributed by atoms with Gasteiger partial charge in [-0.2, -0.15) is 0 Å². The van der Waals surface area contributed by atoms with Crippen molar-refractivity contribution in [2.45, 2.75) is 25.8 Å². The van der Waals surface area contributed by atoms with Gasteiger partial charge in [0.25, 0.3) is 5.91 Å². The SMILES string of the molecule is CC1CCC(C(N)=O)CN1C(=O)c1cnc(-c2ccccc2)nc1. The summed E-state index contributed by atoms with van der Waals surface area (Å²) in [6, 6.07) is 9.66. The molecule has 6 heteroatoms. The number of nitrogens with two attached hydrogens (primary N) is 1. The summed E-state index contributed by atoms with van der Waals surface area (Å²) in [6.07, 6.45) is 4.57. The predicted molar refractivity (Wildman–Crippen MR) is 89.9 cm³/mol. The van der Waals surface area contributed by atoms with Crippen molar-refractivity contribution in [3.8, 4) is 11.4 Å². The highest BCUT2D eigenvalue weighted by Gasteiger charge is 2.32. The number of carbonyl (C=O) groups is 2. The fraction of sp³-hybridized carbons (Fsp3) is 0.333. The molecule has 2 atom stereocenters. The first-order valence-corrected chi connectivity index (χ1v) is 8.04. The summed E-state index contributed by atoms with van der Waals surface area (Å²) in [6.45, 7) is 2.34. The van der Waals surface area contributed by atoms with Crippen LogP contribution in [0, 0.1) is 5.92 Å². The van der Waals surface area contributed by atoms with E-state index in [1.807, 2.05) is 37.3 Å². The second-order valence-corrected chi connectivity index (χ2v) is 6.14. The van der Waals surface area contributed by atoms with Gasteiger partial charge in [0, 0.05) is 30.5 Å². The Morgan fingerprint density at radius 2 is 1.79 bits per heavy atom. The van der Waals surface area contributed by atoms with Gasteiger partial charge in [-0.05, 0) is 19.8 Å². The summed E-state index contributed by atoms with van der Waals surface area (Å²) < 4.78 is 0. The number of hydrogen-bond acceptors (Lipinski definition) is 4. The summed E-state index contributed by atoms with van der Waals surface area (Å²) in [7, 11) is 0. The van der Waals surface area contributed by atoms with E-state index in [0.29, 0.717) is 17.9 Å².